The van der Waals surface area contributed by atoms with E-state index in [9.17, 15) is 4.79 Å². The van der Waals surface area contributed by atoms with Crippen molar-refractivity contribution >= 4 is 5.91 Å². The highest BCUT2D eigenvalue weighted by atomic mass is 16.2. The Balaban J connectivity index is 1.83. The third-order valence-corrected chi connectivity index (χ3v) is 3.76. The van der Waals surface area contributed by atoms with Crippen molar-refractivity contribution in [2.75, 3.05) is 13.1 Å². The molecule has 1 N–H and O–H groups in total. The van der Waals surface area contributed by atoms with E-state index in [4.69, 9.17) is 0 Å². The Morgan fingerprint density at radius 1 is 1.39 bits per heavy atom. The minimum atomic E-state index is 0.198. The summed E-state index contributed by atoms with van der Waals surface area (Å²) in [6.45, 7) is 6.55. The van der Waals surface area contributed by atoms with Crippen molar-refractivity contribution in [2.24, 2.45) is 5.92 Å². The Hall–Kier alpha value is -1.35. The fraction of sp³-hybridized carbons (Fsp3) is 0.533. The minimum Gasteiger partial charge on any atom is -0.343 e. The quantitative estimate of drug-likeness (QED) is 0.885. The lowest BCUT2D eigenvalue weighted by atomic mass is 9.93. The normalized spacial score (nSPS) is 24.0. The van der Waals surface area contributed by atoms with Crippen LogP contribution in [0.2, 0.25) is 0 Å². The molecule has 0 saturated carbocycles. The van der Waals surface area contributed by atoms with E-state index in [1.807, 2.05) is 11.0 Å². The number of amides is 1. The molecule has 0 radical (unpaired) electrons. The second kappa shape index (κ2) is 6.01. The van der Waals surface area contributed by atoms with Gasteiger partial charge in [-0.3, -0.25) is 4.79 Å². The van der Waals surface area contributed by atoms with Crippen molar-refractivity contribution in [3.63, 3.8) is 0 Å². The van der Waals surface area contributed by atoms with E-state index in [0.29, 0.717) is 12.0 Å². The molecule has 1 aliphatic rings. The molecule has 2 unspecified atom stereocenters. The second-order valence-corrected chi connectivity index (χ2v) is 5.20. The molecule has 3 heteroatoms. The van der Waals surface area contributed by atoms with Crippen LogP contribution < -0.4 is 5.32 Å². The van der Waals surface area contributed by atoms with E-state index >= 15 is 0 Å². The molecule has 1 aromatic carbocycles. The molecule has 1 fully saturated rings. The molecular weight excluding hydrogens is 224 g/mol. The van der Waals surface area contributed by atoms with Crippen LogP contribution in [0, 0.1) is 5.92 Å². The van der Waals surface area contributed by atoms with Gasteiger partial charge < -0.3 is 10.2 Å². The van der Waals surface area contributed by atoms with Crippen molar-refractivity contribution in [2.45, 2.75) is 32.9 Å². The van der Waals surface area contributed by atoms with Gasteiger partial charge in [0.05, 0.1) is 0 Å². The fourth-order valence-corrected chi connectivity index (χ4v) is 2.58. The molecule has 2 rings (SSSR count). The topological polar surface area (TPSA) is 32.3 Å². The molecule has 18 heavy (non-hydrogen) atoms. The Labute approximate surface area is 109 Å². The first-order valence-corrected chi connectivity index (χ1v) is 6.69. The number of piperidine rings is 1. The van der Waals surface area contributed by atoms with Gasteiger partial charge in [-0.15, -0.1) is 0 Å². The van der Waals surface area contributed by atoms with Gasteiger partial charge in [-0.25, -0.2) is 0 Å². The molecule has 1 heterocycles. The number of nitrogens with one attached hydrogen (secondary N) is 1. The lowest BCUT2D eigenvalue weighted by molar-refractivity contribution is -0.130. The molecule has 0 aliphatic carbocycles. The van der Waals surface area contributed by atoms with Crippen LogP contribution in [0.1, 0.15) is 25.8 Å². The zero-order valence-corrected chi connectivity index (χ0v) is 11.2. The van der Waals surface area contributed by atoms with E-state index < -0.39 is 0 Å². The predicted molar refractivity (Wildman–Crippen MR) is 73.1 cm³/mol. The maximum Gasteiger partial charge on any atom is 0.219 e. The van der Waals surface area contributed by atoms with Crippen LogP contribution in [0.25, 0.3) is 0 Å². The molecule has 0 spiro atoms. The summed E-state index contributed by atoms with van der Waals surface area (Å²) in [5.41, 5.74) is 1.32. The summed E-state index contributed by atoms with van der Waals surface area (Å²) in [6, 6.07) is 11.0. The standard InChI is InChI=1S/C15H22N2O/c1-12-11-17(13(2)18)9-8-15(12)16-10-14-6-4-3-5-7-14/h3-7,12,15-16H,8-11H2,1-2H3. The van der Waals surface area contributed by atoms with E-state index in [0.717, 1.165) is 26.1 Å². The molecule has 0 aromatic heterocycles. The van der Waals surface area contributed by atoms with Crippen molar-refractivity contribution in [1.82, 2.24) is 10.2 Å². The average molecular weight is 246 g/mol. The largest absolute Gasteiger partial charge is 0.343 e. The highest BCUT2D eigenvalue weighted by molar-refractivity contribution is 5.73. The van der Waals surface area contributed by atoms with Gasteiger partial charge in [0.25, 0.3) is 0 Å². The summed E-state index contributed by atoms with van der Waals surface area (Å²) in [6.07, 6.45) is 1.05. The van der Waals surface area contributed by atoms with Gasteiger partial charge >= 0.3 is 0 Å². The molecule has 98 valence electrons. The monoisotopic (exact) mass is 246 g/mol. The number of carbonyl (C=O) groups is 1. The van der Waals surface area contributed by atoms with E-state index in [1.165, 1.54) is 5.56 Å². The van der Waals surface area contributed by atoms with E-state index in [1.54, 1.807) is 6.92 Å². The van der Waals surface area contributed by atoms with Crippen molar-refractivity contribution < 1.29 is 4.79 Å². The Kier molecular flexibility index (Phi) is 4.37. The smallest absolute Gasteiger partial charge is 0.219 e. The van der Waals surface area contributed by atoms with Crippen LogP contribution in [0.3, 0.4) is 0 Å². The third-order valence-electron chi connectivity index (χ3n) is 3.76. The van der Waals surface area contributed by atoms with Crippen LogP contribution in [0.5, 0.6) is 0 Å². The molecule has 0 bridgehead atoms. The predicted octanol–water partition coefficient (Wildman–Crippen LogP) is 2.03. The average Bonchev–Trinajstić information content (AvgIpc) is 2.38. The van der Waals surface area contributed by atoms with E-state index in [-0.39, 0.29) is 5.91 Å². The Morgan fingerprint density at radius 2 is 2.11 bits per heavy atom. The molecule has 3 nitrogen and oxygen atoms in total. The number of hydrogen-bond acceptors (Lipinski definition) is 2. The summed E-state index contributed by atoms with van der Waals surface area (Å²) < 4.78 is 0. The summed E-state index contributed by atoms with van der Waals surface area (Å²) in [7, 11) is 0. The summed E-state index contributed by atoms with van der Waals surface area (Å²) in [4.78, 5) is 13.3. The number of benzene rings is 1. The number of carbonyl (C=O) groups excluding carboxylic acids is 1. The van der Waals surface area contributed by atoms with Gasteiger partial charge in [-0.05, 0) is 17.9 Å². The first-order chi connectivity index (χ1) is 8.66. The van der Waals surface area contributed by atoms with Gasteiger partial charge in [0, 0.05) is 32.6 Å². The lowest BCUT2D eigenvalue weighted by Gasteiger charge is -2.37. The van der Waals surface area contributed by atoms with Gasteiger partial charge in [-0.2, -0.15) is 0 Å². The van der Waals surface area contributed by atoms with Gasteiger partial charge in [0.1, 0.15) is 0 Å². The number of rotatable bonds is 3. The van der Waals surface area contributed by atoms with Crippen LogP contribution in [-0.4, -0.2) is 29.9 Å². The Bertz CT molecular complexity index is 391. The highest BCUT2D eigenvalue weighted by Crippen LogP contribution is 2.17. The van der Waals surface area contributed by atoms with E-state index in [2.05, 4.69) is 36.5 Å². The van der Waals surface area contributed by atoms with Gasteiger partial charge in [0.2, 0.25) is 5.91 Å². The summed E-state index contributed by atoms with van der Waals surface area (Å²) in [5.74, 6) is 0.717. The number of nitrogens with zero attached hydrogens (tertiary/aromatic N) is 1. The molecule has 2 atom stereocenters. The number of likely N-dealkylation sites (tertiary alicyclic amines) is 1. The van der Waals surface area contributed by atoms with Crippen LogP contribution in [-0.2, 0) is 11.3 Å². The maximum absolute atomic E-state index is 11.3. The third kappa shape index (κ3) is 3.33. The Morgan fingerprint density at radius 3 is 2.72 bits per heavy atom. The number of hydrogen-bond donors (Lipinski definition) is 1. The maximum atomic E-state index is 11.3. The first-order valence-electron chi connectivity index (χ1n) is 6.69. The molecular formula is C15H22N2O. The lowest BCUT2D eigenvalue weighted by Crippen LogP contribution is -2.49. The molecule has 1 aromatic rings. The van der Waals surface area contributed by atoms with Gasteiger partial charge in [0.15, 0.2) is 0 Å². The summed E-state index contributed by atoms with van der Waals surface area (Å²) in [5, 5.41) is 3.61. The van der Waals surface area contributed by atoms with Crippen LogP contribution in [0.4, 0.5) is 0 Å². The van der Waals surface area contributed by atoms with Gasteiger partial charge in [-0.1, -0.05) is 37.3 Å². The summed E-state index contributed by atoms with van der Waals surface area (Å²) >= 11 is 0. The first kappa shape index (κ1) is 13.1. The highest BCUT2D eigenvalue weighted by Gasteiger charge is 2.26. The fourth-order valence-electron chi connectivity index (χ4n) is 2.58. The second-order valence-electron chi connectivity index (χ2n) is 5.20. The SMILES string of the molecule is CC(=O)N1CCC(NCc2ccccc2)C(C)C1. The molecule has 1 saturated heterocycles. The van der Waals surface area contributed by atoms with Crippen LogP contribution >= 0.6 is 0 Å². The molecule has 1 aliphatic heterocycles. The van der Waals surface area contributed by atoms with Crippen molar-refractivity contribution in [3.8, 4) is 0 Å². The van der Waals surface area contributed by atoms with Crippen molar-refractivity contribution in [3.05, 3.63) is 35.9 Å². The van der Waals surface area contributed by atoms with Crippen LogP contribution in [0.15, 0.2) is 30.3 Å². The zero-order valence-electron chi connectivity index (χ0n) is 11.2. The zero-order chi connectivity index (χ0) is 13.0. The minimum absolute atomic E-state index is 0.198. The van der Waals surface area contributed by atoms with Crippen molar-refractivity contribution in [1.29, 1.82) is 0 Å². The molecule has 1 amide bonds.